The van der Waals surface area contributed by atoms with Gasteiger partial charge in [-0.3, -0.25) is 5.43 Å². The van der Waals surface area contributed by atoms with Crippen LogP contribution in [0.15, 0.2) is 66.1 Å². The van der Waals surface area contributed by atoms with Crippen molar-refractivity contribution in [3.8, 4) is 5.75 Å². The standard InChI is InChI=1S/C19H15N3O5S/c1-10-9-16(24)27-18-12(10)7-8-14(23)17(18)11(2)20-21-19-13-5-3-4-6-15(13)28(25,26)22-19/h3-9,23H,1-2H3,(H,21,22). The van der Waals surface area contributed by atoms with Gasteiger partial charge >= 0.3 is 5.63 Å². The Morgan fingerprint density at radius 1 is 1.21 bits per heavy atom. The fourth-order valence-corrected chi connectivity index (χ4v) is 4.27. The lowest BCUT2D eigenvalue weighted by atomic mass is 10.0. The largest absolute Gasteiger partial charge is 0.507 e. The van der Waals surface area contributed by atoms with Gasteiger partial charge in [-0.05, 0) is 43.7 Å². The molecule has 0 amide bonds. The molecule has 0 saturated carbocycles. The van der Waals surface area contributed by atoms with Crippen LogP contribution < -0.4 is 11.1 Å². The van der Waals surface area contributed by atoms with Crippen molar-refractivity contribution < 1.29 is 17.9 Å². The predicted molar refractivity (Wildman–Crippen MR) is 104 cm³/mol. The maximum Gasteiger partial charge on any atom is 0.336 e. The van der Waals surface area contributed by atoms with Crippen LogP contribution in [0.3, 0.4) is 0 Å². The number of aryl methyl sites for hydroxylation is 1. The molecule has 1 aromatic heterocycles. The molecule has 1 aliphatic heterocycles. The van der Waals surface area contributed by atoms with E-state index in [4.69, 9.17) is 4.42 Å². The Labute approximate surface area is 159 Å². The SMILES string of the molecule is CC(=NNC1=NS(=O)(=O)c2ccccc21)c1c(O)ccc2c(C)cc(=O)oc12. The number of fused-ring (bicyclic) bond motifs is 2. The lowest BCUT2D eigenvalue weighted by molar-refractivity contribution is 0.471. The fraction of sp³-hybridized carbons (Fsp3) is 0.105. The summed E-state index contributed by atoms with van der Waals surface area (Å²) >= 11 is 0. The molecule has 9 heteroatoms. The Balaban J connectivity index is 1.80. The summed E-state index contributed by atoms with van der Waals surface area (Å²) in [5.74, 6) is -0.0435. The van der Waals surface area contributed by atoms with Crippen molar-refractivity contribution in [2.45, 2.75) is 18.7 Å². The van der Waals surface area contributed by atoms with Crippen molar-refractivity contribution in [3.63, 3.8) is 0 Å². The molecule has 2 N–H and O–H groups in total. The average molecular weight is 397 g/mol. The zero-order valence-electron chi connectivity index (χ0n) is 14.9. The summed E-state index contributed by atoms with van der Waals surface area (Å²) in [4.78, 5) is 11.9. The van der Waals surface area contributed by atoms with Crippen molar-refractivity contribution >= 4 is 32.5 Å². The molecule has 0 saturated heterocycles. The first-order valence-corrected chi connectivity index (χ1v) is 9.73. The van der Waals surface area contributed by atoms with Gasteiger partial charge in [0, 0.05) is 17.0 Å². The zero-order valence-corrected chi connectivity index (χ0v) is 15.7. The van der Waals surface area contributed by atoms with E-state index >= 15 is 0 Å². The van der Waals surface area contributed by atoms with E-state index in [-0.39, 0.29) is 27.6 Å². The van der Waals surface area contributed by atoms with Gasteiger partial charge in [-0.15, -0.1) is 4.40 Å². The van der Waals surface area contributed by atoms with Gasteiger partial charge in [0.1, 0.15) is 10.6 Å². The third-order valence-corrected chi connectivity index (χ3v) is 5.76. The summed E-state index contributed by atoms with van der Waals surface area (Å²) in [5.41, 5.74) is 3.94. The Morgan fingerprint density at radius 2 is 1.96 bits per heavy atom. The molecule has 4 rings (SSSR count). The minimum Gasteiger partial charge on any atom is -0.507 e. The monoisotopic (exact) mass is 397 g/mol. The number of amidine groups is 1. The van der Waals surface area contributed by atoms with Gasteiger partial charge in [0.25, 0.3) is 10.0 Å². The van der Waals surface area contributed by atoms with Crippen LogP contribution in [0.2, 0.25) is 0 Å². The molecule has 8 nitrogen and oxygen atoms in total. The second-order valence-corrected chi connectivity index (χ2v) is 7.88. The maximum atomic E-state index is 12.1. The number of nitrogens with zero attached hydrogens (tertiary/aromatic N) is 2. The summed E-state index contributed by atoms with van der Waals surface area (Å²) in [6.45, 7) is 3.36. The molecule has 0 radical (unpaired) electrons. The lowest BCUT2D eigenvalue weighted by Crippen LogP contribution is -2.19. The lowest BCUT2D eigenvalue weighted by Gasteiger charge is -2.09. The van der Waals surface area contributed by atoms with Gasteiger partial charge in [0.05, 0.1) is 11.3 Å². The highest BCUT2D eigenvalue weighted by Crippen LogP contribution is 2.29. The van der Waals surface area contributed by atoms with Crippen molar-refractivity contribution in [2.24, 2.45) is 9.50 Å². The second kappa shape index (κ2) is 6.31. The van der Waals surface area contributed by atoms with E-state index in [0.29, 0.717) is 22.2 Å². The fourth-order valence-electron chi connectivity index (χ4n) is 3.10. The zero-order chi connectivity index (χ0) is 20.1. The number of rotatable bonds is 2. The van der Waals surface area contributed by atoms with E-state index in [1.165, 1.54) is 18.2 Å². The number of aromatic hydroxyl groups is 1. The average Bonchev–Trinajstić information content (AvgIpc) is 2.90. The highest BCUT2D eigenvalue weighted by atomic mass is 32.2. The highest BCUT2D eigenvalue weighted by Gasteiger charge is 2.28. The van der Waals surface area contributed by atoms with Gasteiger partial charge in [-0.2, -0.15) is 13.5 Å². The van der Waals surface area contributed by atoms with Gasteiger partial charge in [0.2, 0.25) is 0 Å². The van der Waals surface area contributed by atoms with Gasteiger partial charge < -0.3 is 9.52 Å². The minimum absolute atomic E-state index is 0.0762. The topological polar surface area (TPSA) is 121 Å². The van der Waals surface area contributed by atoms with Crippen LogP contribution in [0.4, 0.5) is 0 Å². The summed E-state index contributed by atoms with van der Waals surface area (Å²) in [6, 6.07) is 10.9. The van der Waals surface area contributed by atoms with E-state index in [2.05, 4.69) is 14.9 Å². The summed E-state index contributed by atoms with van der Waals surface area (Å²) in [5, 5.41) is 15.1. The van der Waals surface area contributed by atoms with E-state index < -0.39 is 15.6 Å². The van der Waals surface area contributed by atoms with Crippen molar-refractivity contribution in [1.82, 2.24) is 5.43 Å². The normalized spacial score (nSPS) is 15.4. The Morgan fingerprint density at radius 3 is 2.75 bits per heavy atom. The van der Waals surface area contributed by atoms with Crippen LogP contribution in [0.1, 0.15) is 23.6 Å². The predicted octanol–water partition coefficient (Wildman–Crippen LogP) is 2.27. The summed E-state index contributed by atoms with van der Waals surface area (Å²) in [6.07, 6.45) is 0. The van der Waals surface area contributed by atoms with Crippen molar-refractivity contribution in [2.75, 3.05) is 0 Å². The van der Waals surface area contributed by atoms with Crippen LogP contribution in [0.5, 0.6) is 5.75 Å². The number of sulfonamides is 1. The number of phenolic OH excluding ortho intramolecular Hbond substituents is 1. The van der Waals surface area contributed by atoms with E-state index in [0.717, 1.165) is 0 Å². The van der Waals surface area contributed by atoms with Crippen LogP contribution >= 0.6 is 0 Å². The van der Waals surface area contributed by atoms with Crippen molar-refractivity contribution in [3.05, 3.63) is 69.6 Å². The first-order valence-electron chi connectivity index (χ1n) is 8.29. The van der Waals surface area contributed by atoms with Crippen LogP contribution in [0, 0.1) is 6.92 Å². The molecule has 0 aliphatic carbocycles. The number of phenols is 1. The van der Waals surface area contributed by atoms with Gasteiger partial charge in [-0.1, -0.05) is 12.1 Å². The quantitative estimate of drug-likeness (QED) is 0.389. The van der Waals surface area contributed by atoms with Crippen LogP contribution in [0.25, 0.3) is 11.0 Å². The van der Waals surface area contributed by atoms with Gasteiger partial charge in [-0.25, -0.2) is 4.79 Å². The van der Waals surface area contributed by atoms with Crippen LogP contribution in [-0.2, 0) is 10.0 Å². The Hall–Kier alpha value is -3.46. The molecule has 0 unspecified atom stereocenters. The molecule has 3 aromatic rings. The number of nitrogens with one attached hydrogen (secondary N) is 1. The Kier molecular flexibility index (Phi) is 4.04. The summed E-state index contributed by atoms with van der Waals surface area (Å²) in [7, 11) is -3.77. The number of hydrogen-bond donors (Lipinski definition) is 2. The van der Waals surface area contributed by atoms with E-state index in [9.17, 15) is 18.3 Å². The number of hydrogen-bond acceptors (Lipinski definition) is 7. The molecule has 142 valence electrons. The third-order valence-electron chi connectivity index (χ3n) is 4.42. The minimum atomic E-state index is -3.77. The van der Waals surface area contributed by atoms with E-state index in [1.54, 1.807) is 38.1 Å². The molecule has 2 heterocycles. The molecule has 0 atom stereocenters. The van der Waals surface area contributed by atoms with Crippen molar-refractivity contribution in [1.29, 1.82) is 0 Å². The number of hydrazone groups is 1. The molecule has 28 heavy (non-hydrogen) atoms. The Bertz CT molecular complexity index is 1350. The molecule has 1 aliphatic rings. The van der Waals surface area contributed by atoms with E-state index in [1.807, 2.05) is 0 Å². The first-order chi connectivity index (χ1) is 13.3. The van der Waals surface area contributed by atoms with Crippen LogP contribution in [-0.4, -0.2) is 25.1 Å². The second-order valence-electron chi connectivity index (χ2n) is 6.30. The highest BCUT2D eigenvalue weighted by molar-refractivity contribution is 7.90. The molecule has 0 fully saturated rings. The molecule has 2 aromatic carbocycles. The molecule has 0 spiro atoms. The van der Waals surface area contributed by atoms with Gasteiger partial charge in [0.15, 0.2) is 11.4 Å². The third kappa shape index (κ3) is 2.85. The molecular formula is C19H15N3O5S. The summed E-state index contributed by atoms with van der Waals surface area (Å²) < 4.78 is 33.2. The number of benzene rings is 2. The maximum absolute atomic E-state index is 12.1. The smallest absolute Gasteiger partial charge is 0.336 e. The molecule has 0 bridgehead atoms. The first kappa shape index (κ1) is 17.9. The molecular weight excluding hydrogens is 382 g/mol.